The quantitative estimate of drug-likeness (QED) is 0.542. The van der Waals surface area contributed by atoms with Gasteiger partial charge in [-0.3, -0.25) is 9.59 Å². The van der Waals surface area contributed by atoms with E-state index < -0.39 is 5.97 Å². The molecule has 106 valence electrons. The number of amides is 1. The van der Waals surface area contributed by atoms with Crippen molar-refractivity contribution in [2.24, 2.45) is 23.5 Å². The summed E-state index contributed by atoms with van der Waals surface area (Å²) in [5.74, 6) is -0.865. The molecule has 1 amide bonds. The lowest BCUT2D eigenvalue weighted by Gasteiger charge is -2.17. The van der Waals surface area contributed by atoms with Crippen LogP contribution in [0.25, 0.3) is 0 Å². The highest BCUT2D eigenvalue weighted by Crippen LogP contribution is 2.10. The van der Waals surface area contributed by atoms with Crippen LogP contribution < -0.4 is 11.1 Å². The molecule has 0 saturated carbocycles. The van der Waals surface area contributed by atoms with Gasteiger partial charge >= 0.3 is 5.97 Å². The third-order valence-electron chi connectivity index (χ3n) is 2.95. The summed E-state index contributed by atoms with van der Waals surface area (Å²) in [6, 6.07) is 0. The third kappa shape index (κ3) is 7.27. The van der Waals surface area contributed by atoms with Crippen molar-refractivity contribution in [1.29, 1.82) is 0 Å². The topological polar surface area (TPSA) is 92.4 Å². The van der Waals surface area contributed by atoms with Crippen molar-refractivity contribution in [3.05, 3.63) is 0 Å². The first-order valence-electron chi connectivity index (χ1n) is 6.59. The van der Waals surface area contributed by atoms with Gasteiger partial charge in [0.1, 0.15) is 0 Å². The summed E-state index contributed by atoms with van der Waals surface area (Å²) in [5.41, 5.74) is 5.58. The normalized spacial score (nSPS) is 14.3. The molecule has 0 aliphatic heterocycles. The summed E-state index contributed by atoms with van der Waals surface area (Å²) in [6.07, 6.45) is 2.04. The van der Waals surface area contributed by atoms with Crippen LogP contribution in [0.2, 0.25) is 0 Å². The van der Waals surface area contributed by atoms with E-state index in [1.165, 1.54) is 0 Å². The highest BCUT2D eigenvalue weighted by Gasteiger charge is 2.17. The molecule has 0 aromatic rings. The molecular formula is C13H26N2O3. The Morgan fingerprint density at radius 3 is 2.33 bits per heavy atom. The van der Waals surface area contributed by atoms with Gasteiger partial charge in [0.2, 0.25) is 5.91 Å². The predicted molar refractivity (Wildman–Crippen MR) is 71.0 cm³/mol. The van der Waals surface area contributed by atoms with Crippen LogP contribution in [0.4, 0.5) is 0 Å². The maximum absolute atomic E-state index is 11.8. The first-order valence-corrected chi connectivity index (χ1v) is 6.59. The molecule has 0 saturated heterocycles. The average molecular weight is 258 g/mol. The molecule has 18 heavy (non-hydrogen) atoms. The predicted octanol–water partition coefficient (Wildman–Crippen LogP) is 1.22. The second-order valence-electron chi connectivity index (χ2n) is 5.23. The largest absolute Gasteiger partial charge is 0.481 e. The van der Waals surface area contributed by atoms with Gasteiger partial charge in [-0.1, -0.05) is 20.8 Å². The van der Waals surface area contributed by atoms with Crippen LogP contribution in [0.3, 0.4) is 0 Å². The number of carbonyl (C=O) groups is 2. The molecule has 5 nitrogen and oxygen atoms in total. The smallest absolute Gasteiger partial charge is 0.306 e. The lowest BCUT2D eigenvalue weighted by Crippen LogP contribution is -2.36. The average Bonchev–Trinajstić information content (AvgIpc) is 2.30. The van der Waals surface area contributed by atoms with Gasteiger partial charge in [0.25, 0.3) is 0 Å². The van der Waals surface area contributed by atoms with Gasteiger partial charge in [-0.25, -0.2) is 0 Å². The van der Waals surface area contributed by atoms with E-state index in [1.54, 1.807) is 6.92 Å². The number of hydrogen-bond acceptors (Lipinski definition) is 3. The number of carbonyl (C=O) groups excluding carboxylic acids is 1. The summed E-state index contributed by atoms with van der Waals surface area (Å²) < 4.78 is 0. The van der Waals surface area contributed by atoms with Crippen molar-refractivity contribution >= 4 is 11.9 Å². The third-order valence-corrected chi connectivity index (χ3v) is 2.95. The van der Waals surface area contributed by atoms with E-state index in [2.05, 4.69) is 19.2 Å². The molecule has 0 aromatic carbocycles. The number of carboxylic acid groups (broad SMARTS) is 1. The van der Waals surface area contributed by atoms with Gasteiger partial charge < -0.3 is 16.2 Å². The van der Waals surface area contributed by atoms with Crippen LogP contribution in [-0.2, 0) is 9.59 Å². The van der Waals surface area contributed by atoms with Crippen LogP contribution >= 0.6 is 0 Å². The van der Waals surface area contributed by atoms with Gasteiger partial charge in [-0.2, -0.15) is 0 Å². The van der Waals surface area contributed by atoms with E-state index in [0.29, 0.717) is 31.8 Å². The minimum absolute atomic E-state index is 0.0193. The molecule has 2 unspecified atom stereocenters. The van der Waals surface area contributed by atoms with Gasteiger partial charge in [0.05, 0.1) is 11.8 Å². The zero-order valence-corrected chi connectivity index (χ0v) is 11.6. The van der Waals surface area contributed by atoms with Crippen LogP contribution in [0, 0.1) is 17.8 Å². The Kier molecular flexibility index (Phi) is 8.37. The minimum Gasteiger partial charge on any atom is -0.481 e. The van der Waals surface area contributed by atoms with E-state index >= 15 is 0 Å². The zero-order chi connectivity index (χ0) is 14.1. The molecule has 4 N–H and O–H groups in total. The van der Waals surface area contributed by atoms with Crippen LogP contribution in [0.15, 0.2) is 0 Å². The second kappa shape index (κ2) is 8.91. The molecule has 0 aliphatic rings. The summed E-state index contributed by atoms with van der Waals surface area (Å²) in [5, 5.41) is 11.5. The lowest BCUT2D eigenvalue weighted by molar-refractivity contribution is -0.141. The Balaban J connectivity index is 3.84. The first kappa shape index (κ1) is 16.9. The maximum atomic E-state index is 11.8. The summed E-state index contributed by atoms with van der Waals surface area (Å²) in [4.78, 5) is 22.4. The van der Waals surface area contributed by atoms with Crippen molar-refractivity contribution in [1.82, 2.24) is 5.32 Å². The fraction of sp³-hybridized carbons (Fsp3) is 0.846. The number of hydrogen-bond donors (Lipinski definition) is 3. The van der Waals surface area contributed by atoms with E-state index in [4.69, 9.17) is 10.8 Å². The standard InChI is InChI=1S/C13H26N2O3/c1-9(2)7-11(8-14)12(16)15-6-4-5-10(3)13(17)18/h9-11H,4-8,14H2,1-3H3,(H,15,16)(H,17,18). The molecule has 0 fully saturated rings. The second-order valence-corrected chi connectivity index (χ2v) is 5.23. The molecule has 0 radical (unpaired) electrons. The number of aliphatic carboxylic acids is 1. The number of nitrogens with one attached hydrogen (secondary N) is 1. The summed E-state index contributed by atoms with van der Waals surface area (Å²) in [7, 11) is 0. The Morgan fingerprint density at radius 1 is 1.28 bits per heavy atom. The van der Waals surface area contributed by atoms with Gasteiger partial charge in [-0.05, 0) is 25.2 Å². The molecule has 0 bridgehead atoms. The van der Waals surface area contributed by atoms with Crippen molar-refractivity contribution in [3.8, 4) is 0 Å². The molecule has 0 heterocycles. The Morgan fingerprint density at radius 2 is 1.89 bits per heavy atom. The van der Waals surface area contributed by atoms with Crippen LogP contribution in [-0.4, -0.2) is 30.1 Å². The molecular weight excluding hydrogens is 232 g/mol. The van der Waals surface area contributed by atoms with Crippen LogP contribution in [0.5, 0.6) is 0 Å². The number of nitrogens with two attached hydrogens (primary N) is 1. The maximum Gasteiger partial charge on any atom is 0.306 e. The fourth-order valence-corrected chi connectivity index (χ4v) is 1.77. The van der Waals surface area contributed by atoms with Crippen molar-refractivity contribution < 1.29 is 14.7 Å². The summed E-state index contributed by atoms with van der Waals surface area (Å²) >= 11 is 0. The molecule has 0 aliphatic carbocycles. The SMILES string of the molecule is CC(C)CC(CN)C(=O)NCCCC(C)C(=O)O. The molecule has 0 spiro atoms. The van der Waals surface area contributed by atoms with Crippen molar-refractivity contribution in [2.75, 3.05) is 13.1 Å². The van der Waals surface area contributed by atoms with Crippen LogP contribution in [0.1, 0.15) is 40.0 Å². The van der Waals surface area contributed by atoms with E-state index in [9.17, 15) is 9.59 Å². The highest BCUT2D eigenvalue weighted by molar-refractivity contribution is 5.78. The van der Waals surface area contributed by atoms with E-state index in [1.807, 2.05) is 0 Å². The minimum atomic E-state index is -0.791. The summed E-state index contributed by atoms with van der Waals surface area (Å²) in [6.45, 7) is 6.67. The van der Waals surface area contributed by atoms with E-state index in [-0.39, 0.29) is 17.7 Å². The molecule has 2 atom stereocenters. The molecule has 0 aromatic heterocycles. The highest BCUT2D eigenvalue weighted by atomic mass is 16.4. The first-order chi connectivity index (χ1) is 8.38. The Bertz CT molecular complexity index is 267. The Hall–Kier alpha value is -1.10. The van der Waals surface area contributed by atoms with Crippen molar-refractivity contribution in [2.45, 2.75) is 40.0 Å². The van der Waals surface area contributed by atoms with E-state index in [0.717, 1.165) is 6.42 Å². The fourth-order valence-electron chi connectivity index (χ4n) is 1.77. The van der Waals surface area contributed by atoms with Gasteiger partial charge in [0, 0.05) is 13.1 Å². The van der Waals surface area contributed by atoms with Gasteiger partial charge in [-0.15, -0.1) is 0 Å². The Labute approximate surface area is 109 Å². The van der Waals surface area contributed by atoms with Gasteiger partial charge in [0.15, 0.2) is 0 Å². The van der Waals surface area contributed by atoms with Crippen molar-refractivity contribution in [3.63, 3.8) is 0 Å². The molecule has 5 heteroatoms. The number of rotatable bonds is 9. The number of carboxylic acids is 1. The lowest BCUT2D eigenvalue weighted by atomic mass is 9.96. The monoisotopic (exact) mass is 258 g/mol. The molecule has 0 rings (SSSR count). The zero-order valence-electron chi connectivity index (χ0n) is 11.6.